The molecule has 7 nitrogen and oxygen atoms in total. The second-order valence-electron chi connectivity index (χ2n) is 5.13. The summed E-state index contributed by atoms with van der Waals surface area (Å²) in [6, 6.07) is 7.56. The van der Waals surface area contributed by atoms with E-state index in [1.807, 2.05) is 4.72 Å². The van der Waals surface area contributed by atoms with Gasteiger partial charge in [-0.1, -0.05) is 0 Å². The van der Waals surface area contributed by atoms with E-state index < -0.39 is 28.7 Å². The molecule has 0 radical (unpaired) electrons. The van der Waals surface area contributed by atoms with Crippen LogP contribution in [0.4, 0.5) is 13.2 Å². The van der Waals surface area contributed by atoms with Crippen molar-refractivity contribution in [2.45, 2.75) is 18.0 Å². The molecule has 1 aromatic heterocycles. The SMILES string of the molecule is CCOc1ccc(S(=O)(=O)NC(=O)c2ccc(OCC(F)(F)F)nc2)cc1. The fourth-order valence-corrected chi connectivity index (χ4v) is 2.85. The van der Waals surface area contributed by atoms with Gasteiger partial charge in [0.2, 0.25) is 5.88 Å². The molecule has 1 N–H and O–H groups in total. The minimum Gasteiger partial charge on any atom is -0.494 e. The van der Waals surface area contributed by atoms with Gasteiger partial charge >= 0.3 is 6.18 Å². The van der Waals surface area contributed by atoms with Crippen LogP contribution >= 0.6 is 0 Å². The van der Waals surface area contributed by atoms with E-state index >= 15 is 0 Å². The number of ether oxygens (including phenoxy) is 2. The van der Waals surface area contributed by atoms with Gasteiger partial charge in [0.15, 0.2) is 6.61 Å². The third-order valence-electron chi connectivity index (χ3n) is 3.05. The Bertz CT molecular complexity index is 882. The van der Waals surface area contributed by atoms with Crippen molar-refractivity contribution in [1.82, 2.24) is 9.71 Å². The molecule has 2 aromatic rings. The van der Waals surface area contributed by atoms with Gasteiger partial charge in [-0.25, -0.2) is 18.1 Å². The first kappa shape index (κ1) is 20.5. The molecule has 0 aliphatic rings. The molecule has 0 atom stereocenters. The predicted octanol–water partition coefficient (Wildman–Crippen LogP) is 2.54. The quantitative estimate of drug-likeness (QED) is 0.762. The Morgan fingerprint density at radius 1 is 1.11 bits per heavy atom. The number of alkyl halides is 3. The third-order valence-corrected chi connectivity index (χ3v) is 4.40. The minimum atomic E-state index is -4.52. The van der Waals surface area contributed by atoms with E-state index in [0.717, 1.165) is 18.3 Å². The van der Waals surface area contributed by atoms with Crippen molar-refractivity contribution < 1.29 is 35.9 Å². The van der Waals surface area contributed by atoms with E-state index in [-0.39, 0.29) is 16.3 Å². The average molecular weight is 404 g/mol. The number of benzene rings is 1. The van der Waals surface area contributed by atoms with Crippen molar-refractivity contribution in [1.29, 1.82) is 0 Å². The van der Waals surface area contributed by atoms with Crippen LogP contribution in [0.2, 0.25) is 0 Å². The topological polar surface area (TPSA) is 94.6 Å². The first-order valence-electron chi connectivity index (χ1n) is 7.56. The summed E-state index contributed by atoms with van der Waals surface area (Å²) in [5.41, 5.74) is -0.163. The first-order chi connectivity index (χ1) is 12.6. The Morgan fingerprint density at radius 2 is 1.78 bits per heavy atom. The Morgan fingerprint density at radius 3 is 2.30 bits per heavy atom. The predicted molar refractivity (Wildman–Crippen MR) is 88.1 cm³/mol. The lowest BCUT2D eigenvalue weighted by Crippen LogP contribution is -2.30. The Balaban J connectivity index is 2.04. The van der Waals surface area contributed by atoms with Crippen molar-refractivity contribution in [2.75, 3.05) is 13.2 Å². The molecule has 1 amide bonds. The second-order valence-corrected chi connectivity index (χ2v) is 6.81. The fraction of sp³-hybridized carbons (Fsp3) is 0.250. The van der Waals surface area contributed by atoms with Crippen LogP contribution in [0.3, 0.4) is 0 Å². The lowest BCUT2D eigenvalue weighted by Gasteiger charge is -2.10. The lowest BCUT2D eigenvalue weighted by atomic mass is 10.3. The van der Waals surface area contributed by atoms with Gasteiger partial charge in [0, 0.05) is 12.3 Å². The van der Waals surface area contributed by atoms with Gasteiger partial charge in [-0.15, -0.1) is 0 Å². The normalized spacial score (nSPS) is 11.7. The number of amides is 1. The van der Waals surface area contributed by atoms with Gasteiger partial charge in [0.1, 0.15) is 5.75 Å². The molecule has 1 heterocycles. The van der Waals surface area contributed by atoms with Crippen molar-refractivity contribution >= 4 is 15.9 Å². The number of rotatable bonds is 7. The summed E-state index contributed by atoms with van der Waals surface area (Å²) in [6.45, 7) is 0.661. The molecule has 1 aromatic carbocycles. The molecule has 146 valence electrons. The van der Waals surface area contributed by atoms with E-state index in [1.54, 1.807) is 6.92 Å². The summed E-state index contributed by atoms with van der Waals surface area (Å²) in [4.78, 5) is 15.4. The van der Waals surface area contributed by atoms with E-state index in [0.29, 0.717) is 12.4 Å². The number of nitrogens with zero attached hydrogens (tertiary/aromatic N) is 1. The number of carbonyl (C=O) groups is 1. The van der Waals surface area contributed by atoms with Gasteiger partial charge in [0.25, 0.3) is 15.9 Å². The highest BCUT2D eigenvalue weighted by molar-refractivity contribution is 7.90. The highest BCUT2D eigenvalue weighted by Gasteiger charge is 2.28. The molecule has 0 aliphatic heterocycles. The highest BCUT2D eigenvalue weighted by atomic mass is 32.2. The number of carbonyl (C=O) groups excluding carboxylic acids is 1. The molecule has 0 saturated heterocycles. The Hall–Kier alpha value is -2.82. The Kier molecular flexibility index (Phi) is 6.26. The van der Waals surface area contributed by atoms with Gasteiger partial charge in [-0.3, -0.25) is 4.79 Å². The van der Waals surface area contributed by atoms with Crippen molar-refractivity contribution in [2.24, 2.45) is 0 Å². The molecular weight excluding hydrogens is 389 g/mol. The number of sulfonamides is 1. The molecule has 0 saturated carbocycles. The van der Waals surface area contributed by atoms with E-state index in [9.17, 15) is 26.4 Å². The third kappa shape index (κ3) is 6.13. The number of halogens is 3. The maximum atomic E-state index is 12.2. The van der Waals surface area contributed by atoms with Crippen LogP contribution in [0.1, 0.15) is 17.3 Å². The van der Waals surface area contributed by atoms with Crippen LogP contribution in [0.5, 0.6) is 11.6 Å². The van der Waals surface area contributed by atoms with E-state index in [4.69, 9.17) is 4.74 Å². The zero-order chi connectivity index (χ0) is 20.1. The van der Waals surface area contributed by atoms with Crippen LogP contribution in [-0.2, 0) is 10.0 Å². The zero-order valence-corrected chi connectivity index (χ0v) is 14.8. The number of hydrogen-bond donors (Lipinski definition) is 1. The van der Waals surface area contributed by atoms with E-state index in [2.05, 4.69) is 9.72 Å². The zero-order valence-electron chi connectivity index (χ0n) is 14.0. The fourth-order valence-electron chi connectivity index (χ4n) is 1.88. The van der Waals surface area contributed by atoms with Crippen LogP contribution in [0.15, 0.2) is 47.5 Å². The molecule has 11 heteroatoms. The minimum absolute atomic E-state index is 0.155. The number of pyridine rings is 1. The molecule has 0 fully saturated rings. The summed E-state index contributed by atoms with van der Waals surface area (Å²) in [5.74, 6) is -0.863. The van der Waals surface area contributed by atoms with E-state index in [1.165, 1.54) is 24.3 Å². The summed E-state index contributed by atoms with van der Waals surface area (Å²) in [7, 11) is -4.14. The number of hydrogen-bond acceptors (Lipinski definition) is 6. The summed E-state index contributed by atoms with van der Waals surface area (Å²) in [6.07, 6.45) is -3.61. The molecule has 2 rings (SSSR count). The standard InChI is InChI=1S/C16H15F3N2O5S/c1-2-25-12-4-6-13(7-5-12)27(23,24)21-15(22)11-3-8-14(20-9-11)26-10-16(17,18)19/h3-9H,2,10H2,1H3,(H,21,22). The summed E-state index contributed by atoms with van der Waals surface area (Å²) in [5, 5.41) is 0. The van der Waals surface area contributed by atoms with Gasteiger partial charge in [-0.2, -0.15) is 13.2 Å². The monoisotopic (exact) mass is 404 g/mol. The first-order valence-corrected chi connectivity index (χ1v) is 9.04. The largest absolute Gasteiger partial charge is 0.494 e. The van der Waals surface area contributed by atoms with Crippen molar-refractivity contribution in [3.8, 4) is 11.6 Å². The molecule has 27 heavy (non-hydrogen) atoms. The van der Waals surface area contributed by atoms with Crippen molar-refractivity contribution in [3.05, 3.63) is 48.2 Å². The van der Waals surface area contributed by atoms with Gasteiger partial charge in [-0.05, 0) is 37.3 Å². The molecule has 0 aliphatic carbocycles. The maximum Gasteiger partial charge on any atom is 0.422 e. The van der Waals surface area contributed by atoms with Crippen LogP contribution in [0, 0.1) is 0 Å². The highest BCUT2D eigenvalue weighted by Crippen LogP contribution is 2.18. The summed E-state index contributed by atoms with van der Waals surface area (Å²) < 4.78 is 72.1. The number of aromatic nitrogens is 1. The molecular formula is C16H15F3N2O5S. The molecule has 0 unspecified atom stereocenters. The van der Waals surface area contributed by atoms with Gasteiger partial charge < -0.3 is 9.47 Å². The average Bonchev–Trinajstić information content (AvgIpc) is 2.60. The van der Waals surface area contributed by atoms with Gasteiger partial charge in [0.05, 0.1) is 17.1 Å². The van der Waals surface area contributed by atoms with Crippen LogP contribution in [-0.4, -0.2) is 38.7 Å². The lowest BCUT2D eigenvalue weighted by molar-refractivity contribution is -0.154. The molecule has 0 bridgehead atoms. The van der Waals surface area contributed by atoms with Crippen LogP contribution in [0.25, 0.3) is 0 Å². The van der Waals surface area contributed by atoms with Crippen molar-refractivity contribution in [3.63, 3.8) is 0 Å². The molecule has 0 spiro atoms. The smallest absolute Gasteiger partial charge is 0.422 e. The van der Waals surface area contributed by atoms with Crippen LogP contribution < -0.4 is 14.2 Å². The Labute approximate surface area is 153 Å². The summed E-state index contributed by atoms with van der Waals surface area (Å²) >= 11 is 0. The number of nitrogens with one attached hydrogen (secondary N) is 1. The maximum absolute atomic E-state index is 12.2. The second kappa shape index (κ2) is 8.25.